The van der Waals surface area contributed by atoms with Crippen LogP contribution in [0.3, 0.4) is 0 Å². The number of isocyanates is 1. The number of halogens is 3. The van der Waals surface area contributed by atoms with Crippen LogP contribution in [0, 0.1) is 0 Å². The van der Waals surface area contributed by atoms with E-state index >= 15 is 0 Å². The molecule has 120 valence electrons. The van der Waals surface area contributed by atoms with Crippen LogP contribution in [-0.4, -0.2) is 6.08 Å². The van der Waals surface area contributed by atoms with Gasteiger partial charge in [0.2, 0.25) is 6.08 Å². The highest BCUT2D eigenvalue weighted by Crippen LogP contribution is 2.38. The summed E-state index contributed by atoms with van der Waals surface area (Å²) in [6.07, 6.45) is -3.29. The first-order valence-electron chi connectivity index (χ1n) is 6.93. The lowest BCUT2D eigenvalue weighted by atomic mass is 10.1. The van der Waals surface area contributed by atoms with Crippen molar-refractivity contribution in [3.05, 3.63) is 66.2 Å². The second kappa shape index (κ2) is 6.18. The maximum Gasteiger partial charge on any atom is 0.416 e. The Morgan fingerprint density at radius 2 is 1.67 bits per heavy atom. The van der Waals surface area contributed by atoms with Gasteiger partial charge in [0.1, 0.15) is 11.4 Å². The van der Waals surface area contributed by atoms with Crippen molar-refractivity contribution in [2.45, 2.75) is 6.18 Å². The van der Waals surface area contributed by atoms with Crippen molar-refractivity contribution in [1.82, 2.24) is 0 Å². The van der Waals surface area contributed by atoms with Crippen molar-refractivity contribution in [1.29, 1.82) is 0 Å². The lowest BCUT2D eigenvalue weighted by molar-refractivity contribution is -0.137. The van der Waals surface area contributed by atoms with E-state index in [1.807, 2.05) is 30.3 Å². The first kappa shape index (κ1) is 15.8. The van der Waals surface area contributed by atoms with Crippen molar-refractivity contribution >= 4 is 22.5 Å². The maximum atomic E-state index is 12.8. The molecule has 0 aliphatic rings. The van der Waals surface area contributed by atoms with Gasteiger partial charge in [-0.1, -0.05) is 30.3 Å². The predicted molar refractivity (Wildman–Crippen MR) is 83.2 cm³/mol. The van der Waals surface area contributed by atoms with E-state index in [2.05, 4.69) is 4.99 Å². The Morgan fingerprint density at radius 1 is 0.917 bits per heavy atom. The quantitative estimate of drug-likeness (QED) is 0.462. The Morgan fingerprint density at radius 3 is 2.38 bits per heavy atom. The van der Waals surface area contributed by atoms with Gasteiger partial charge < -0.3 is 4.74 Å². The normalized spacial score (nSPS) is 11.1. The average molecular weight is 329 g/mol. The largest absolute Gasteiger partial charge is 0.455 e. The number of hydrogen-bond donors (Lipinski definition) is 0. The third-order valence-electron chi connectivity index (χ3n) is 3.40. The average Bonchev–Trinajstić information content (AvgIpc) is 2.55. The van der Waals surface area contributed by atoms with Crippen molar-refractivity contribution in [3.8, 4) is 11.5 Å². The van der Waals surface area contributed by atoms with Crippen LogP contribution in [-0.2, 0) is 11.0 Å². The number of carbonyl (C=O) groups excluding carboxylic acids is 1. The van der Waals surface area contributed by atoms with E-state index in [0.29, 0.717) is 5.75 Å². The number of alkyl halides is 3. The molecule has 0 saturated heterocycles. The number of aliphatic imine (C=N–C) groups is 1. The first-order chi connectivity index (χ1) is 11.5. The molecule has 0 N–H and O–H groups in total. The summed E-state index contributed by atoms with van der Waals surface area (Å²) < 4.78 is 43.9. The third kappa shape index (κ3) is 3.29. The number of benzene rings is 3. The Hall–Kier alpha value is -3.11. The van der Waals surface area contributed by atoms with E-state index in [1.54, 1.807) is 12.1 Å². The highest BCUT2D eigenvalue weighted by Gasteiger charge is 2.31. The van der Waals surface area contributed by atoms with Gasteiger partial charge in [-0.25, -0.2) is 4.79 Å². The topological polar surface area (TPSA) is 38.7 Å². The molecule has 0 unspecified atom stereocenters. The van der Waals surface area contributed by atoms with Crippen LogP contribution < -0.4 is 4.74 Å². The number of nitrogens with zero attached hydrogens (tertiary/aromatic N) is 1. The van der Waals surface area contributed by atoms with Gasteiger partial charge in [0.25, 0.3) is 0 Å². The molecular formula is C18H10F3NO2. The number of rotatable bonds is 3. The zero-order valence-electron chi connectivity index (χ0n) is 12.2. The summed E-state index contributed by atoms with van der Waals surface area (Å²) >= 11 is 0. The molecule has 0 amide bonds. The fourth-order valence-electron chi connectivity index (χ4n) is 2.27. The summed E-state index contributed by atoms with van der Waals surface area (Å²) in [4.78, 5) is 13.8. The molecule has 0 aliphatic carbocycles. The summed E-state index contributed by atoms with van der Waals surface area (Å²) in [7, 11) is 0. The van der Waals surface area contributed by atoms with Gasteiger partial charge in [0.05, 0.1) is 5.56 Å². The molecule has 24 heavy (non-hydrogen) atoms. The predicted octanol–water partition coefficient (Wildman–Crippen LogP) is 5.62. The van der Waals surface area contributed by atoms with Crippen LogP contribution in [0.2, 0.25) is 0 Å². The van der Waals surface area contributed by atoms with Crippen LogP contribution in [0.4, 0.5) is 18.9 Å². The first-order valence-corrected chi connectivity index (χ1v) is 6.93. The summed E-state index contributed by atoms with van der Waals surface area (Å²) in [6.45, 7) is 0. The molecule has 0 atom stereocenters. The molecule has 3 rings (SSSR count). The van der Waals surface area contributed by atoms with E-state index < -0.39 is 11.7 Å². The van der Waals surface area contributed by atoms with Crippen LogP contribution >= 0.6 is 0 Å². The van der Waals surface area contributed by atoms with E-state index in [1.165, 1.54) is 6.08 Å². The van der Waals surface area contributed by atoms with Crippen LogP contribution in [0.1, 0.15) is 5.56 Å². The summed E-state index contributed by atoms with van der Waals surface area (Å²) in [5.74, 6) is 0.470. The summed E-state index contributed by atoms with van der Waals surface area (Å²) in [6, 6.07) is 15.6. The maximum absolute atomic E-state index is 12.8. The number of hydrogen-bond acceptors (Lipinski definition) is 3. The Kier molecular flexibility index (Phi) is 4.06. The van der Waals surface area contributed by atoms with E-state index in [-0.39, 0.29) is 11.4 Å². The number of fused-ring (bicyclic) bond motifs is 1. The highest BCUT2D eigenvalue weighted by molar-refractivity contribution is 5.83. The molecular weight excluding hydrogens is 319 g/mol. The van der Waals surface area contributed by atoms with Gasteiger partial charge in [-0.3, -0.25) is 0 Å². The highest BCUT2D eigenvalue weighted by atomic mass is 19.4. The zero-order chi connectivity index (χ0) is 17.2. The molecule has 0 saturated carbocycles. The molecule has 0 radical (unpaired) electrons. The molecule has 3 nitrogen and oxygen atoms in total. The van der Waals surface area contributed by atoms with Crippen LogP contribution in [0.25, 0.3) is 10.8 Å². The zero-order valence-corrected chi connectivity index (χ0v) is 12.2. The van der Waals surface area contributed by atoms with Crippen molar-refractivity contribution in [2.75, 3.05) is 0 Å². The van der Waals surface area contributed by atoms with Gasteiger partial charge in [-0.15, -0.1) is 0 Å². The molecule has 0 heterocycles. The van der Waals surface area contributed by atoms with E-state index in [9.17, 15) is 18.0 Å². The van der Waals surface area contributed by atoms with Crippen molar-refractivity contribution in [2.24, 2.45) is 4.99 Å². The van der Waals surface area contributed by atoms with Crippen LogP contribution in [0.5, 0.6) is 11.5 Å². The van der Waals surface area contributed by atoms with Gasteiger partial charge in [0.15, 0.2) is 5.75 Å². The minimum Gasteiger partial charge on any atom is -0.455 e. The molecule has 0 aromatic heterocycles. The SMILES string of the molecule is O=C=Nc1cc(C(F)(F)F)ccc1Oc1ccc2ccccc2c1. The van der Waals surface area contributed by atoms with E-state index in [4.69, 9.17) is 4.74 Å². The second-order valence-corrected chi connectivity index (χ2v) is 4.99. The third-order valence-corrected chi connectivity index (χ3v) is 3.40. The Bertz CT molecular complexity index is 944. The molecule has 0 fully saturated rings. The second-order valence-electron chi connectivity index (χ2n) is 4.99. The van der Waals surface area contributed by atoms with E-state index in [0.717, 1.165) is 29.0 Å². The van der Waals surface area contributed by atoms with Crippen LogP contribution in [0.15, 0.2) is 65.7 Å². The smallest absolute Gasteiger partial charge is 0.416 e. The van der Waals surface area contributed by atoms with Gasteiger partial charge >= 0.3 is 6.18 Å². The molecule has 3 aromatic carbocycles. The van der Waals surface area contributed by atoms with Crippen molar-refractivity contribution in [3.63, 3.8) is 0 Å². The fourth-order valence-corrected chi connectivity index (χ4v) is 2.27. The van der Waals surface area contributed by atoms with Gasteiger partial charge in [-0.05, 0) is 41.1 Å². The Labute approximate surface area is 135 Å². The lowest BCUT2D eigenvalue weighted by Gasteiger charge is -2.12. The molecule has 0 aliphatic heterocycles. The monoisotopic (exact) mass is 329 g/mol. The molecule has 0 bridgehead atoms. The lowest BCUT2D eigenvalue weighted by Crippen LogP contribution is -2.04. The van der Waals surface area contributed by atoms with Gasteiger partial charge in [0, 0.05) is 0 Å². The Balaban J connectivity index is 2.00. The molecule has 3 aromatic rings. The minimum atomic E-state index is -4.53. The van der Waals surface area contributed by atoms with Gasteiger partial charge in [-0.2, -0.15) is 18.2 Å². The standard InChI is InChI=1S/C18H10F3NO2/c19-18(20,21)14-6-8-17(16(10-14)22-11-23)24-15-7-5-12-3-1-2-4-13(12)9-15/h1-10H. The minimum absolute atomic E-state index is 0.0432. The molecule has 6 heteroatoms. The molecule has 0 spiro atoms. The number of ether oxygens (including phenoxy) is 1. The van der Waals surface area contributed by atoms with Crippen molar-refractivity contribution < 1.29 is 22.7 Å². The fraction of sp³-hybridized carbons (Fsp3) is 0.0556. The summed E-state index contributed by atoms with van der Waals surface area (Å²) in [5.41, 5.74) is -1.14. The summed E-state index contributed by atoms with van der Waals surface area (Å²) in [5, 5.41) is 1.92.